The van der Waals surface area contributed by atoms with E-state index in [0.717, 1.165) is 177 Å². The van der Waals surface area contributed by atoms with Crippen LogP contribution < -0.4 is 29.3 Å². The molecule has 17 aromatic rings. The zero-order valence-electron chi connectivity index (χ0n) is 82.7. The summed E-state index contributed by atoms with van der Waals surface area (Å²) in [4.78, 5) is 42.7. The average molecular weight is 1900 g/mol. The first kappa shape index (κ1) is 101. The number of hydrogen-bond donors (Lipinski definition) is 3. The van der Waals surface area contributed by atoms with Crippen molar-refractivity contribution in [2.45, 2.75) is 200 Å². The Balaban J connectivity index is 0.000000132. The second-order valence-corrected chi connectivity index (χ2v) is 39.2. The van der Waals surface area contributed by atoms with Gasteiger partial charge in [-0.15, -0.1) is 11.3 Å². The minimum atomic E-state index is -0.698. The fourth-order valence-electron chi connectivity index (χ4n) is 17.1. The van der Waals surface area contributed by atoms with Crippen molar-refractivity contribution in [1.82, 2.24) is 0 Å². The van der Waals surface area contributed by atoms with Crippen LogP contribution in [0.15, 0.2) is 360 Å². The predicted octanol–water partition coefficient (Wildman–Crippen LogP) is 33.7. The molecule has 0 radical (unpaired) electrons. The number of aliphatic hydroxyl groups excluding tert-OH is 3. The molecule has 12 nitrogen and oxygen atoms in total. The molecule has 2 aliphatic heterocycles. The highest BCUT2D eigenvalue weighted by molar-refractivity contribution is 7.99. The average Bonchev–Trinajstić information content (AvgIpc) is 0.738. The molecule has 0 saturated heterocycles. The van der Waals surface area contributed by atoms with Gasteiger partial charge in [0, 0.05) is 57.8 Å². The lowest BCUT2D eigenvalue weighted by molar-refractivity contribution is -0.153. The number of carbonyl (C=O) groups excluding carboxylic acids is 2. The third-order valence-electron chi connectivity index (χ3n) is 27.3. The summed E-state index contributed by atoms with van der Waals surface area (Å²) < 4.78 is 31.8. The first-order chi connectivity index (χ1) is 67.8. The molecule has 0 spiro atoms. The summed E-state index contributed by atoms with van der Waals surface area (Å²) in [5, 5.41) is 38.8. The summed E-state index contributed by atoms with van der Waals surface area (Å²) in [5.74, 6) is 7.96. The molecule has 3 heterocycles. The highest BCUT2D eigenvalue weighted by Crippen LogP contribution is 2.49. The SMILES string of the molecule is CCC(C)c1ccc(Oc2cccc(C(=O)c3ccc4ccccc4c3)c2)cc1.CCC(C)c1ccc(Oc2cccc(C(O)c3ccc4ccccc4c3)c2)cc1.CCc1ccc2c(c1)C(O)c1cc(Oc3ccc(C(C)CC)cc3)ccc1S2.CCc1ccc2c(c1)C(O)c1ccccc1N2COC(=O)C(C)(C)CC.CCc1ccc2sc3ccc(Oc4ccc(C(C)CC)cc4)cc3c(=O)c2c1. The number of aryl methyl sites for hydroxylation is 3. The van der Waals surface area contributed by atoms with Crippen molar-refractivity contribution in [2.24, 2.45) is 5.41 Å². The van der Waals surface area contributed by atoms with Crippen LogP contribution in [0.2, 0.25) is 0 Å². The number of benzene rings is 16. The zero-order chi connectivity index (χ0) is 98.7. The minimum absolute atomic E-state index is 0.00618. The minimum Gasteiger partial charge on any atom is -0.457 e. The van der Waals surface area contributed by atoms with Crippen molar-refractivity contribution in [3.8, 4) is 46.0 Å². The van der Waals surface area contributed by atoms with Crippen LogP contribution in [-0.4, -0.2) is 33.8 Å². The largest absolute Gasteiger partial charge is 0.457 e. The van der Waals surface area contributed by atoms with Crippen molar-refractivity contribution in [3.63, 3.8) is 0 Å². The molecule has 0 saturated carbocycles. The second-order valence-electron chi connectivity index (χ2n) is 37.1. The summed E-state index contributed by atoms with van der Waals surface area (Å²) >= 11 is 3.36. The molecule has 7 atom stereocenters. The molecule has 3 N–H and O–H groups in total. The highest BCUT2D eigenvalue weighted by atomic mass is 32.2. The smallest absolute Gasteiger partial charge is 0.313 e. The zero-order valence-corrected chi connectivity index (χ0v) is 84.3. The third kappa shape index (κ3) is 24.4. The number of fused-ring (bicyclic) bond motifs is 8. The van der Waals surface area contributed by atoms with Gasteiger partial charge in [0.15, 0.2) is 17.9 Å². The summed E-state index contributed by atoms with van der Waals surface area (Å²) in [5.41, 5.74) is 16.8. The number of para-hydroxylation sites is 1. The fourth-order valence-corrected chi connectivity index (χ4v) is 19.2. The molecule has 140 heavy (non-hydrogen) atoms. The van der Waals surface area contributed by atoms with E-state index in [4.69, 9.17) is 23.7 Å². The van der Waals surface area contributed by atoms with Crippen molar-refractivity contribution in [3.05, 3.63) is 439 Å². The van der Waals surface area contributed by atoms with Gasteiger partial charge >= 0.3 is 5.97 Å². The van der Waals surface area contributed by atoms with Crippen molar-refractivity contribution >= 4 is 87.9 Å². The lowest BCUT2D eigenvalue weighted by atomic mass is 9.90. The van der Waals surface area contributed by atoms with E-state index in [1.165, 1.54) is 44.3 Å². The molecule has 0 fully saturated rings. The molecule has 16 aromatic carbocycles. The molecule has 19 rings (SSSR count). The number of hydrogen-bond acceptors (Lipinski definition) is 14. The molecule has 714 valence electrons. The monoisotopic (exact) mass is 1890 g/mol. The summed E-state index contributed by atoms with van der Waals surface area (Å²) in [6.07, 6.45) is 6.00. The molecular formula is C126H127NO11S2. The van der Waals surface area contributed by atoms with Crippen molar-refractivity contribution in [2.75, 3.05) is 11.6 Å². The Labute approximate surface area is 833 Å². The Morgan fingerprint density at radius 1 is 0.350 bits per heavy atom. The van der Waals surface area contributed by atoms with E-state index in [2.05, 4.69) is 173 Å². The van der Waals surface area contributed by atoms with E-state index in [1.807, 2.05) is 268 Å². The number of nitrogens with zero attached hydrogens (tertiary/aromatic N) is 1. The van der Waals surface area contributed by atoms with Crippen LogP contribution in [0.5, 0.6) is 46.0 Å². The molecule has 14 heteroatoms. The third-order valence-corrected chi connectivity index (χ3v) is 29.6. The molecule has 0 bridgehead atoms. The van der Waals surface area contributed by atoms with Gasteiger partial charge in [0.2, 0.25) is 0 Å². The van der Waals surface area contributed by atoms with E-state index in [9.17, 15) is 29.7 Å². The second kappa shape index (κ2) is 46.8. The van der Waals surface area contributed by atoms with E-state index < -0.39 is 23.7 Å². The number of aliphatic hydroxyl groups is 3. The van der Waals surface area contributed by atoms with Crippen LogP contribution in [-0.2, 0) is 28.8 Å². The van der Waals surface area contributed by atoms with Crippen LogP contribution in [0.3, 0.4) is 0 Å². The van der Waals surface area contributed by atoms with Crippen LogP contribution in [0, 0.1) is 5.41 Å². The van der Waals surface area contributed by atoms with Gasteiger partial charge in [0.05, 0.1) is 16.8 Å². The van der Waals surface area contributed by atoms with Gasteiger partial charge in [-0.3, -0.25) is 14.4 Å². The topological polar surface area (TPSA) is 161 Å². The molecule has 2 aliphatic rings. The van der Waals surface area contributed by atoms with Crippen LogP contribution in [0.4, 0.5) is 11.4 Å². The first-order valence-corrected chi connectivity index (χ1v) is 51.0. The lowest BCUT2D eigenvalue weighted by Crippen LogP contribution is -2.33. The maximum Gasteiger partial charge on any atom is 0.313 e. The number of ether oxygens (including phenoxy) is 5. The standard InChI is InChI=1S/C27H26O2.C27H24O2.C25H26O2S.C25H24O2S.C22H27NO3/c2*1-3-19(2)20-13-15-25(16-14-20)29-26-10-6-9-23(18-26)27(28)24-12-11-21-7-4-5-8-22(21)17-24;2*1-4-16(3)18-7-9-19(10-8-18)27-20-11-13-24-22(15-20)25(26)21-14-17(5-2)6-12-23(21)28-24;1-5-15-11-12-19-17(13-15)20(24)16-9-7-8-10-18(16)23(19)14-26-21(25)22(3,4)6-2/h4-19,27-28H,3H2,1-2H3;4-19H,3H2,1-2H3;6-16,25-26H,4-5H2,1-3H3;6-16H,4-5H2,1-3H3;7-13,20,24H,5-6,14H2,1-4H3. The number of rotatable bonds is 27. The van der Waals surface area contributed by atoms with E-state index >= 15 is 0 Å². The molecule has 0 aliphatic carbocycles. The Kier molecular flexibility index (Phi) is 33.7. The number of carbonyl (C=O) groups is 2. The van der Waals surface area contributed by atoms with Gasteiger partial charge in [-0.05, 0) is 318 Å². The summed E-state index contributed by atoms with van der Waals surface area (Å²) in [6.45, 7) is 29.9. The molecule has 1 aromatic heterocycles. The van der Waals surface area contributed by atoms with E-state index in [0.29, 0.717) is 46.3 Å². The van der Waals surface area contributed by atoms with Gasteiger partial charge in [-0.25, -0.2) is 0 Å². The van der Waals surface area contributed by atoms with Gasteiger partial charge in [0.1, 0.15) is 64.3 Å². The number of esters is 1. The van der Waals surface area contributed by atoms with Crippen LogP contribution in [0.1, 0.15) is 259 Å². The summed E-state index contributed by atoms with van der Waals surface area (Å²) in [6, 6.07) is 114. The molecule has 0 amide bonds. The van der Waals surface area contributed by atoms with Crippen molar-refractivity contribution in [1.29, 1.82) is 0 Å². The summed E-state index contributed by atoms with van der Waals surface area (Å²) in [7, 11) is 0. The van der Waals surface area contributed by atoms with Gasteiger partial charge in [-0.2, -0.15) is 0 Å². The maximum atomic E-state index is 13.1. The van der Waals surface area contributed by atoms with Crippen LogP contribution in [0.25, 0.3) is 41.7 Å². The quantitative estimate of drug-likeness (QED) is 0.0254. The normalized spacial score (nSPS) is 13.9. The Hall–Kier alpha value is -13.7. The molecular weight excluding hydrogens is 1770 g/mol. The molecule has 7 unspecified atom stereocenters. The number of anilines is 2. The van der Waals surface area contributed by atoms with Gasteiger partial charge in [-0.1, -0.05) is 289 Å². The Morgan fingerprint density at radius 3 is 1.29 bits per heavy atom. The highest BCUT2D eigenvalue weighted by Gasteiger charge is 2.33. The first-order valence-electron chi connectivity index (χ1n) is 49.3. The Morgan fingerprint density at radius 2 is 0.743 bits per heavy atom. The predicted molar refractivity (Wildman–Crippen MR) is 578 cm³/mol. The maximum absolute atomic E-state index is 13.1. The Bertz CT molecular complexity index is 7210. The number of ketones is 1. The fraction of sp³-hybridized carbons (Fsp3) is 0.246. The van der Waals surface area contributed by atoms with E-state index in [-0.39, 0.29) is 23.9 Å². The van der Waals surface area contributed by atoms with Crippen LogP contribution >= 0.6 is 23.1 Å². The van der Waals surface area contributed by atoms with Gasteiger partial charge < -0.3 is 43.9 Å². The van der Waals surface area contributed by atoms with E-state index in [1.54, 1.807) is 29.2 Å². The lowest BCUT2D eigenvalue weighted by Gasteiger charge is -2.36. The van der Waals surface area contributed by atoms with Crippen molar-refractivity contribution < 1.29 is 48.6 Å². The van der Waals surface area contributed by atoms with Gasteiger partial charge in [0.25, 0.3) is 0 Å².